The van der Waals surface area contributed by atoms with Gasteiger partial charge in [-0.1, -0.05) is 50.1 Å². The molecule has 0 saturated heterocycles. The average molecular weight is 290 g/mol. The summed E-state index contributed by atoms with van der Waals surface area (Å²) < 4.78 is 0. The zero-order valence-corrected chi connectivity index (χ0v) is 12.9. The van der Waals surface area contributed by atoms with E-state index in [0.717, 1.165) is 31.2 Å². The molecule has 0 spiro atoms. The van der Waals surface area contributed by atoms with Crippen LogP contribution in [-0.2, 0) is 0 Å². The molecule has 1 aromatic carbocycles. The first-order valence-electron chi connectivity index (χ1n) is 7.79. The number of carbonyl (C=O) groups is 1. The predicted molar refractivity (Wildman–Crippen MR) is 84.0 cm³/mol. The van der Waals surface area contributed by atoms with Crippen LogP contribution >= 0.6 is 0 Å². The van der Waals surface area contributed by atoms with Crippen LogP contribution < -0.4 is 10.6 Å². The molecule has 1 aliphatic rings. The Morgan fingerprint density at radius 1 is 1.38 bits per heavy atom. The van der Waals surface area contributed by atoms with Crippen molar-refractivity contribution < 1.29 is 9.90 Å². The highest BCUT2D eigenvalue weighted by molar-refractivity contribution is 5.74. The Balaban J connectivity index is 1.82. The Bertz CT molecular complexity index is 463. The highest BCUT2D eigenvalue weighted by Gasteiger charge is 2.35. The van der Waals surface area contributed by atoms with Gasteiger partial charge in [-0.25, -0.2) is 4.79 Å². The molecular weight excluding hydrogens is 264 g/mol. The monoisotopic (exact) mass is 290 g/mol. The zero-order chi connectivity index (χ0) is 15.3. The standard InChI is InChI=1S/C17H26N2O2/c1-13(14-8-4-3-5-9-14)19-16(21)18-12-17(2)11-7-6-10-15(17)20/h3-5,8-9,13,15,20H,6-7,10-12H2,1-2H3,(H2,18,19,21). The van der Waals surface area contributed by atoms with E-state index in [1.165, 1.54) is 0 Å². The molecule has 1 fully saturated rings. The third-order valence-electron chi connectivity index (χ3n) is 4.58. The van der Waals surface area contributed by atoms with Gasteiger partial charge in [-0.15, -0.1) is 0 Å². The second kappa shape index (κ2) is 6.94. The number of amides is 2. The molecule has 3 N–H and O–H groups in total. The molecule has 1 aromatic rings. The smallest absolute Gasteiger partial charge is 0.315 e. The number of carbonyl (C=O) groups excluding carboxylic acids is 1. The minimum absolute atomic E-state index is 0.0321. The van der Waals surface area contributed by atoms with Crippen LogP contribution in [-0.4, -0.2) is 23.8 Å². The summed E-state index contributed by atoms with van der Waals surface area (Å²) in [4.78, 5) is 12.0. The predicted octanol–water partition coefficient (Wildman–Crippen LogP) is 2.99. The number of urea groups is 1. The molecule has 2 amide bonds. The van der Waals surface area contributed by atoms with E-state index in [1.54, 1.807) is 0 Å². The molecule has 4 nitrogen and oxygen atoms in total. The molecule has 116 valence electrons. The minimum Gasteiger partial charge on any atom is -0.392 e. The van der Waals surface area contributed by atoms with E-state index < -0.39 is 0 Å². The number of aliphatic hydroxyl groups is 1. The topological polar surface area (TPSA) is 61.4 Å². The van der Waals surface area contributed by atoms with Crippen LogP contribution in [0.25, 0.3) is 0 Å². The largest absolute Gasteiger partial charge is 0.392 e. The average Bonchev–Trinajstić information content (AvgIpc) is 2.49. The van der Waals surface area contributed by atoms with E-state index in [9.17, 15) is 9.90 Å². The molecule has 3 atom stereocenters. The van der Waals surface area contributed by atoms with Crippen molar-refractivity contribution in [2.24, 2.45) is 5.41 Å². The summed E-state index contributed by atoms with van der Waals surface area (Å²) in [7, 11) is 0. The molecular formula is C17H26N2O2. The van der Waals surface area contributed by atoms with Gasteiger partial charge in [0.2, 0.25) is 0 Å². The molecule has 1 saturated carbocycles. The first-order chi connectivity index (χ1) is 10.0. The summed E-state index contributed by atoms with van der Waals surface area (Å²) in [5.41, 5.74) is 0.877. The summed E-state index contributed by atoms with van der Waals surface area (Å²) in [6, 6.07) is 9.67. The van der Waals surface area contributed by atoms with Gasteiger partial charge in [-0.2, -0.15) is 0 Å². The van der Waals surface area contributed by atoms with Crippen LogP contribution in [0.2, 0.25) is 0 Å². The Morgan fingerprint density at radius 2 is 2.10 bits per heavy atom. The van der Waals surface area contributed by atoms with Crippen molar-refractivity contribution in [3.05, 3.63) is 35.9 Å². The maximum Gasteiger partial charge on any atom is 0.315 e. The van der Waals surface area contributed by atoms with Crippen molar-refractivity contribution in [1.29, 1.82) is 0 Å². The summed E-state index contributed by atoms with van der Waals surface area (Å²) in [5, 5.41) is 16.0. The SMILES string of the molecule is CC(NC(=O)NCC1(C)CCCCC1O)c1ccccc1. The van der Waals surface area contributed by atoms with E-state index in [-0.39, 0.29) is 23.6 Å². The van der Waals surface area contributed by atoms with Crippen LogP contribution in [0.3, 0.4) is 0 Å². The molecule has 2 rings (SSSR count). The summed E-state index contributed by atoms with van der Waals surface area (Å²) >= 11 is 0. The Labute approximate surface area is 126 Å². The van der Waals surface area contributed by atoms with Gasteiger partial charge in [0.25, 0.3) is 0 Å². The van der Waals surface area contributed by atoms with Gasteiger partial charge in [-0.3, -0.25) is 0 Å². The number of benzene rings is 1. The van der Waals surface area contributed by atoms with Gasteiger partial charge in [0.05, 0.1) is 12.1 Å². The second-order valence-electron chi connectivity index (χ2n) is 6.37. The van der Waals surface area contributed by atoms with Gasteiger partial charge >= 0.3 is 6.03 Å². The van der Waals surface area contributed by atoms with Crippen LogP contribution in [0, 0.1) is 5.41 Å². The summed E-state index contributed by atoms with van der Waals surface area (Å²) in [6.07, 6.45) is 3.67. The lowest BCUT2D eigenvalue weighted by atomic mass is 9.73. The van der Waals surface area contributed by atoms with Crippen molar-refractivity contribution in [3.8, 4) is 0 Å². The van der Waals surface area contributed by atoms with Crippen molar-refractivity contribution in [2.45, 2.75) is 51.7 Å². The Hall–Kier alpha value is -1.55. The number of nitrogens with one attached hydrogen (secondary N) is 2. The van der Waals surface area contributed by atoms with Gasteiger partial charge < -0.3 is 15.7 Å². The maximum absolute atomic E-state index is 12.0. The fourth-order valence-electron chi connectivity index (χ4n) is 2.94. The van der Waals surface area contributed by atoms with Gasteiger partial charge in [0.1, 0.15) is 0 Å². The van der Waals surface area contributed by atoms with Gasteiger partial charge in [0, 0.05) is 12.0 Å². The number of hydrogen-bond acceptors (Lipinski definition) is 2. The van der Waals surface area contributed by atoms with Gasteiger partial charge in [-0.05, 0) is 25.3 Å². The first-order valence-corrected chi connectivity index (χ1v) is 7.79. The summed E-state index contributed by atoms with van der Waals surface area (Å²) in [6.45, 7) is 4.53. The van der Waals surface area contributed by atoms with E-state index in [4.69, 9.17) is 0 Å². The number of rotatable bonds is 4. The van der Waals surface area contributed by atoms with Crippen molar-refractivity contribution in [2.75, 3.05) is 6.54 Å². The lowest BCUT2D eigenvalue weighted by Gasteiger charge is -2.38. The molecule has 0 aromatic heterocycles. The van der Waals surface area contributed by atoms with Crippen LogP contribution in [0.4, 0.5) is 4.79 Å². The molecule has 0 radical (unpaired) electrons. The van der Waals surface area contributed by atoms with E-state index >= 15 is 0 Å². The fourth-order valence-corrected chi connectivity index (χ4v) is 2.94. The van der Waals surface area contributed by atoms with Crippen LogP contribution in [0.15, 0.2) is 30.3 Å². The second-order valence-corrected chi connectivity index (χ2v) is 6.37. The molecule has 0 heterocycles. The Morgan fingerprint density at radius 3 is 2.76 bits per heavy atom. The molecule has 21 heavy (non-hydrogen) atoms. The highest BCUT2D eigenvalue weighted by atomic mass is 16.3. The van der Waals surface area contributed by atoms with E-state index in [0.29, 0.717) is 6.54 Å². The normalized spacial score (nSPS) is 26.9. The molecule has 4 heteroatoms. The minimum atomic E-state index is -0.321. The maximum atomic E-state index is 12.0. The number of aliphatic hydroxyl groups excluding tert-OH is 1. The molecule has 0 bridgehead atoms. The lowest BCUT2D eigenvalue weighted by molar-refractivity contribution is 0.00305. The molecule has 0 aliphatic heterocycles. The van der Waals surface area contributed by atoms with Crippen LogP contribution in [0.5, 0.6) is 0 Å². The van der Waals surface area contributed by atoms with E-state index in [2.05, 4.69) is 17.6 Å². The van der Waals surface area contributed by atoms with Crippen molar-refractivity contribution in [1.82, 2.24) is 10.6 Å². The number of hydrogen-bond donors (Lipinski definition) is 3. The highest BCUT2D eigenvalue weighted by Crippen LogP contribution is 2.35. The quantitative estimate of drug-likeness (QED) is 0.798. The molecule has 3 unspecified atom stereocenters. The van der Waals surface area contributed by atoms with Crippen molar-refractivity contribution in [3.63, 3.8) is 0 Å². The third-order valence-corrected chi connectivity index (χ3v) is 4.58. The summed E-state index contributed by atoms with van der Waals surface area (Å²) in [5.74, 6) is 0. The third kappa shape index (κ3) is 4.21. The van der Waals surface area contributed by atoms with Crippen LogP contribution in [0.1, 0.15) is 51.1 Å². The Kier molecular flexibility index (Phi) is 5.23. The molecule has 1 aliphatic carbocycles. The zero-order valence-electron chi connectivity index (χ0n) is 12.9. The first kappa shape index (κ1) is 15.8. The van der Waals surface area contributed by atoms with Gasteiger partial charge in [0.15, 0.2) is 0 Å². The fraction of sp³-hybridized carbons (Fsp3) is 0.588. The lowest BCUT2D eigenvalue weighted by Crippen LogP contribution is -2.48. The van der Waals surface area contributed by atoms with Crippen molar-refractivity contribution >= 4 is 6.03 Å². The van der Waals surface area contributed by atoms with E-state index in [1.807, 2.05) is 37.3 Å².